The van der Waals surface area contributed by atoms with E-state index in [9.17, 15) is 14.4 Å². The first-order chi connectivity index (χ1) is 8.52. The van der Waals surface area contributed by atoms with E-state index in [1.54, 1.807) is 11.4 Å². The van der Waals surface area contributed by atoms with E-state index < -0.39 is 17.8 Å². The normalized spacial score (nSPS) is 9.83. The van der Waals surface area contributed by atoms with E-state index in [0.717, 1.165) is 11.3 Å². The van der Waals surface area contributed by atoms with Gasteiger partial charge >= 0.3 is 5.97 Å². The van der Waals surface area contributed by atoms with Crippen molar-refractivity contribution in [1.29, 1.82) is 0 Å². The van der Waals surface area contributed by atoms with E-state index >= 15 is 0 Å². The zero-order valence-corrected chi connectivity index (χ0v) is 10.7. The maximum atomic E-state index is 11.6. The highest BCUT2D eigenvalue weighted by molar-refractivity contribution is 7.10. The smallest absolute Gasteiger partial charge is 0.303 e. The number of hydrogen-bond acceptors (Lipinski definition) is 4. The lowest BCUT2D eigenvalue weighted by Gasteiger charge is -2.05. The van der Waals surface area contributed by atoms with Gasteiger partial charge in [-0.15, -0.1) is 11.3 Å². The highest BCUT2D eigenvalue weighted by Crippen LogP contribution is 2.14. The lowest BCUT2D eigenvalue weighted by atomic mass is 10.3. The summed E-state index contributed by atoms with van der Waals surface area (Å²) in [5, 5.41) is 10.1. The van der Waals surface area contributed by atoms with E-state index in [0.29, 0.717) is 5.56 Å². The molecule has 0 atom stereocenters. The number of aryl methyl sites for hydroxylation is 1. The molecule has 6 nitrogen and oxygen atoms in total. The summed E-state index contributed by atoms with van der Waals surface area (Å²) >= 11 is 1.48. The van der Waals surface area contributed by atoms with Gasteiger partial charge in [0.2, 0.25) is 5.91 Å². The van der Waals surface area contributed by atoms with Crippen molar-refractivity contribution in [2.75, 3.05) is 0 Å². The Hall–Kier alpha value is -1.89. The van der Waals surface area contributed by atoms with Gasteiger partial charge in [-0.2, -0.15) is 0 Å². The Morgan fingerprint density at radius 3 is 2.56 bits per heavy atom. The Balaban J connectivity index is 2.36. The van der Waals surface area contributed by atoms with Crippen molar-refractivity contribution in [3.8, 4) is 0 Å². The van der Waals surface area contributed by atoms with Gasteiger partial charge in [0, 0.05) is 16.7 Å². The standard InChI is InChI=1S/C11H14N2O4S/c1-2-8-5-7(6-18-8)11(17)13-12-9(14)3-4-10(15)16/h5-6H,2-4H2,1H3,(H,12,14)(H,13,17)(H,15,16). The molecule has 0 aromatic carbocycles. The average Bonchev–Trinajstić information content (AvgIpc) is 2.82. The summed E-state index contributed by atoms with van der Waals surface area (Å²) in [6, 6.07) is 1.75. The van der Waals surface area contributed by atoms with Crippen LogP contribution >= 0.6 is 11.3 Å². The number of carboxylic acid groups (broad SMARTS) is 1. The van der Waals surface area contributed by atoms with Gasteiger partial charge < -0.3 is 5.11 Å². The maximum absolute atomic E-state index is 11.6. The summed E-state index contributed by atoms with van der Waals surface area (Å²) in [7, 11) is 0. The second-order valence-corrected chi connectivity index (χ2v) is 4.55. The molecule has 0 unspecified atom stereocenters. The molecule has 98 valence electrons. The number of amides is 2. The third-order valence-corrected chi connectivity index (χ3v) is 3.23. The molecule has 7 heteroatoms. The molecule has 18 heavy (non-hydrogen) atoms. The van der Waals surface area contributed by atoms with Crippen molar-refractivity contribution >= 4 is 29.1 Å². The largest absolute Gasteiger partial charge is 0.481 e. The van der Waals surface area contributed by atoms with Gasteiger partial charge in [-0.25, -0.2) is 0 Å². The van der Waals surface area contributed by atoms with Crippen LogP contribution in [0.15, 0.2) is 11.4 Å². The van der Waals surface area contributed by atoms with Crippen LogP contribution < -0.4 is 10.9 Å². The van der Waals surface area contributed by atoms with Crippen LogP contribution in [-0.2, 0) is 16.0 Å². The van der Waals surface area contributed by atoms with Crippen LogP contribution in [0, 0.1) is 0 Å². The summed E-state index contributed by atoms with van der Waals surface area (Å²) in [5.41, 5.74) is 4.88. The molecule has 2 amide bonds. The summed E-state index contributed by atoms with van der Waals surface area (Å²) in [6.07, 6.45) is 0.419. The molecule has 1 aromatic heterocycles. The molecule has 1 rings (SSSR count). The summed E-state index contributed by atoms with van der Waals surface area (Å²) in [4.78, 5) is 34.1. The predicted molar refractivity (Wildman–Crippen MR) is 66.2 cm³/mol. The van der Waals surface area contributed by atoms with Crippen molar-refractivity contribution in [3.63, 3.8) is 0 Å². The van der Waals surface area contributed by atoms with Gasteiger partial charge in [-0.05, 0) is 12.5 Å². The fraction of sp³-hybridized carbons (Fsp3) is 0.364. The Morgan fingerprint density at radius 1 is 1.28 bits per heavy atom. The van der Waals surface area contributed by atoms with Crippen LogP contribution in [0.25, 0.3) is 0 Å². The molecule has 0 aliphatic carbocycles. The molecule has 0 aliphatic heterocycles. The fourth-order valence-electron chi connectivity index (χ4n) is 1.17. The Morgan fingerprint density at radius 2 is 2.00 bits per heavy atom. The summed E-state index contributed by atoms with van der Waals surface area (Å²) < 4.78 is 0. The van der Waals surface area contributed by atoms with Crippen LogP contribution in [0.1, 0.15) is 35.0 Å². The Labute approximate surface area is 108 Å². The van der Waals surface area contributed by atoms with Crippen molar-refractivity contribution < 1.29 is 19.5 Å². The summed E-state index contributed by atoms with van der Waals surface area (Å²) in [5.74, 6) is -1.99. The lowest BCUT2D eigenvalue weighted by Crippen LogP contribution is -2.41. The van der Waals surface area contributed by atoms with Gasteiger partial charge in [0.05, 0.1) is 12.0 Å². The van der Waals surface area contributed by atoms with E-state index in [1.165, 1.54) is 11.3 Å². The van der Waals surface area contributed by atoms with Crippen LogP contribution in [0.2, 0.25) is 0 Å². The van der Waals surface area contributed by atoms with E-state index in [-0.39, 0.29) is 12.8 Å². The first kappa shape index (κ1) is 14.2. The molecule has 0 saturated heterocycles. The highest BCUT2D eigenvalue weighted by atomic mass is 32.1. The molecule has 0 saturated carbocycles. The Bertz CT molecular complexity index is 456. The summed E-state index contributed by atoms with van der Waals surface area (Å²) in [6.45, 7) is 1.99. The van der Waals surface area contributed by atoms with Crippen molar-refractivity contribution in [3.05, 3.63) is 21.9 Å². The number of hydrazine groups is 1. The number of carboxylic acids is 1. The predicted octanol–water partition coefficient (Wildman–Crippen LogP) is 0.936. The number of rotatable bonds is 5. The molecular weight excluding hydrogens is 256 g/mol. The quantitative estimate of drug-likeness (QED) is 0.694. The minimum absolute atomic E-state index is 0.167. The second-order valence-electron chi connectivity index (χ2n) is 3.55. The first-order valence-electron chi connectivity index (χ1n) is 5.41. The van der Waals surface area contributed by atoms with Crippen LogP contribution in [0.4, 0.5) is 0 Å². The van der Waals surface area contributed by atoms with Gasteiger partial charge in [0.1, 0.15) is 0 Å². The van der Waals surface area contributed by atoms with E-state index in [2.05, 4.69) is 10.9 Å². The number of carbonyl (C=O) groups is 3. The minimum atomic E-state index is -1.05. The van der Waals surface area contributed by atoms with Crippen LogP contribution in [0.5, 0.6) is 0 Å². The SMILES string of the molecule is CCc1cc(C(=O)NNC(=O)CCC(=O)O)cs1. The van der Waals surface area contributed by atoms with Gasteiger partial charge in [-0.3, -0.25) is 25.2 Å². The zero-order valence-electron chi connectivity index (χ0n) is 9.86. The molecule has 1 heterocycles. The molecule has 0 radical (unpaired) electrons. The first-order valence-corrected chi connectivity index (χ1v) is 6.29. The van der Waals surface area contributed by atoms with Gasteiger partial charge in [-0.1, -0.05) is 6.92 Å². The maximum Gasteiger partial charge on any atom is 0.303 e. The number of hydrogen-bond donors (Lipinski definition) is 3. The molecule has 0 bridgehead atoms. The van der Waals surface area contributed by atoms with Crippen LogP contribution in [-0.4, -0.2) is 22.9 Å². The van der Waals surface area contributed by atoms with Gasteiger partial charge in [0.25, 0.3) is 5.91 Å². The minimum Gasteiger partial charge on any atom is -0.481 e. The van der Waals surface area contributed by atoms with E-state index in [1.807, 2.05) is 6.92 Å². The van der Waals surface area contributed by atoms with Crippen molar-refractivity contribution in [2.24, 2.45) is 0 Å². The van der Waals surface area contributed by atoms with E-state index in [4.69, 9.17) is 5.11 Å². The molecule has 3 N–H and O–H groups in total. The number of nitrogens with one attached hydrogen (secondary N) is 2. The third kappa shape index (κ3) is 4.54. The van der Waals surface area contributed by atoms with Crippen LogP contribution in [0.3, 0.4) is 0 Å². The van der Waals surface area contributed by atoms with Gasteiger partial charge in [0.15, 0.2) is 0 Å². The third-order valence-electron chi connectivity index (χ3n) is 2.15. The Kier molecular flexibility index (Phi) is 5.31. The molecule has 0 aliphatic rings. The molecular formula is C11H14N2O4S. The number of thiophene rings is 1. The molecule has 0 fully saturated rings. The highest BCUT2D eigenvalue weighted by Gasteiger charge is 2.10. The fourth-order valence-corrected chi connectivity index (χ4v) is 1.98. The van der Waals surface area contributed by atoms with Crippen molar-refractivity contribution in [2.45, 2.75) is 26.2 Å². The zero-order chi connectivity index (χ0) is 13.5. The van der Waals surface area contributed by atoms with Crippen molar-refractivity contribution in [1.82, 2.24) is 10.9 Å². The number of aliphatic carboxylic acids is 1. The second kappa shape index (κ2) is 6.75. The lowest BCUT2D eigenvalue weighted by molar-refractivity contribution is -0.138. The molecule has 1 aromatic rings. The number of carbonyl (C=O) groups excluding carboxylic acids is 2. The average molecular weight is 270 g/mol. The monoisotopic (exact) mass is 270 g/mol. The molecule has 0 spiro atoms. The topological polar surface area (TPSA) is 95.5 Å².